The lowest BCUT2D eigenvalue weighted by molar-refractivity contribution is -0.137. The molecule has 0 aliphatic carbocycles. The molecule has 0 saturated heterocycles. The predicted molar refractivity (Wildman–Crippen MR) is 138 cm³/mol. The molecular formula is C28H23F3N2O4S. The Balaban J connectivity index is 1.32. The summed E-state index contributed by atoms with van der Waals surface area (Å²) in [5.41, 5.74) is 1.56. The van der Waals surface area contributed by atoms with Crippen LogP contribution in [0.2, 0.25) is 0 Å². The Morgan fingerprint density at radius 1 is 1.03 bits per heavy atom. The lowest BCUT2D eigenvalue weighted by Crippen LogP contribution is -2.31. The summed E-state index contributed by atoms with van der Waals surface area (Å²) in [6.45, 7) is 2.84. The van der Waals surface area contributed by atoms with Gasteiger partial charge in [-0.25, -0.2) is 0 Å². The van der Waals surface area contributed by atoms with E-state index in [0.29, 0.717) is 46.4 Å². The normalized spacial score (nSPS) is 16.7. The molecule has 196 valence electrons. The average Bonchev–Trinajstić information content (AvgIpc) is 2.91. The largest absolute Gasteiger partial charge is 0.486 e. The van der Waals surface area contributed by atoms with E-state index < -0.39 is 11.7 Å². The highest BCUT2D eigenvalue weighted by molar-refractivity contribution is 8.04. The van der Waals surface area contributed by atoms with Crippen LogP contribution in [0.4, 0.5) is 18.9 Å². The number of carbonyl (C=O) groups excluding carboxylic acids is 2. The summed E-state index contributed by atoms with van der Waals surface area (Å²) in [5, 5.41) is 2.97. The molecule has 2 aliphatic rings. The summed E-state index contributed by atoms with van der Waals surface area (Å²) in [7, 11) is 1.60. The number of nitrogens with one attached hydrogen (secondary N) is 1. The third-order valence-electron chi connectivity index (χ3n) is 6.27. The first-order chi connectivity index (χ1) is 18.1. The van der Waals surface area contributed by atoms with E-state index in [4.69, 9.17) is 9.47 Å². The smallest absolute Gasteiger partial charge is 0.416 e. The number of thioether (sulfide) groups is 1. The highest BCUT2D eigenvalue weighted by Gasteiger charge is 2.30. The van der Waals surface area contributed by atoms with Crippen LogP contribution in [0.1, 0.15) is 40.0 Å². The van der Waals surface area contributed by atoms with Gasteiger partial charge in [-0.3, -0.25) is 9.59 Å². The van der Waals surface area contributed by atoms with Gasteiger partial charge in [0, 0.05) is 17.5 Å². The zero-order valence-electron chi connectivity index (χ0n) is 20.5. The Morgan fingerprint density at radius 3 is 2.45 bits per heavy atom. The third kappa shape index (κ3) is 5.22. The number of likely N-dealkylation sites (N-methyl/N-ethyl adjacent to an activating group) is 1. The van der Waals surface area contributed by atoms with E-state index in [1.165, 1.54) is 28.8 Å². The highest BCUT2D eigenvalue weighted by Crippen LogP contribution is 2.42. The van der Waals surface area contributed by atoms with Gasteiger partial charge in [-0.1, -0.05) is 30.0 Å². The lowest BCUT2D eigenvalue weighted by atomic mass is 10.1. The molecule has 38 heavy (non-hydrogen) atoms. The Labute approximate surface area is 221 Å². The Bertz CT molecular complexity index is 1440. The molecule has 0 saturated carbocycles. The minimum Gasteiger partial charge on any atom is -0.486 e. The average molecular weight is 541 g/mol. The lowest BCUT2D eigenvalue weighted by Gasteiger charge is -2.27. The number of anilines is 1. The number of fused-ring (bicyclic) bond motifs is 2. The van der Waals surface area contributed by atoms with Crippen molar-refractivity contribution >= 4 is 35.3 Å². The van der Waals surface area contributed by atoms with Crippen molar-refractivity contribution in [3.8, 4) is 11.5 Å². The van der Waals surface area contributed by atoms with Gasteiger partial charge in [0.05, 0.1) is 22.2 Å². The van der Waals surface area contributed by atoms with Crippen LogP contribution in [0.25, 0.3) is 6.08 Å². The second-order valence-electron chi connectivity index (χ2n) is 8.88. The molecule has 0 radical (unpaired) electrons. The summed E-state index contributed by atoms with van der Waals surface area (Å²) < 4.78 is 49.7. The molecule has 0 aromatic heterocycles. The summed E-state index contributed by atoms with van der Waals surface area (Å²) in [6.07, 6.45) is -2.87. The monoisotopic (exact) mass is 540 g/mol. The number of amides is 2. The fraction of sp³-hybridized carbons (Fsp3) is 0.214. The van der Waals surface area contributed by atoms with Crippen molar-refractivity contribution in [2.45, 2.75) is 24.0 Å². The summed E-state index contributed by atoms with van der Waals surface area (Å²) in [5.74, 6) is 0.697. The third-order valence-corrected chi connectivity index (χ3v) is 7.34. The predicted octanol–water partition coefficient (Wildman–Crippen LogP) is 6.08. The van der Waals surface area contributed by atoms with Crippen LogP contribution in [0.15, 0.2) is 70.5 Å². The van der Waals surface area contributed by atoms with Crippen LogP contribution in [0.5, 0.6) is 11.5 Å². The molecule has 6 nitrogen and oxygen atoms in total. The van der Waals surface area contributed by atoms with Gasteiger partial charge >= 0.3 is 6.18 Å². The highest BCUT2D eigenvalue weighted by atomic mass is 32.2. The maximum atomic E-state index is 13.0. The van der Waals surface area contributed by atoms with Crippen molar-refractivity contribution < 1.29 is 32.2 Å². The maximum absolute atomic E-state index is 13.0. The molecule has 3 aromatic rings. The molecule has 0 fully saturated rings. The van der Waals surface area contributed by atoms with E-state index in [2.05, 4.69) is 5.32 Å². The second kappa shape index (κ2) is 10.1. The first kappa shape index (κ1) is 25.7. The van der Waals surface area contributed by atoms with Crippen molar-refractivity contribution in [2.75, 3.05) is 25.2 Å². The van der Waals surface area contributed by atoms with Crippen molar-refractivity contribution in [3.05, 3.63) is 87.8 Å². The minimum absolute atomic E-state index is 0.299. The van der Waals surface area contributed by atoms with Crippen LogP contribution in [-0.2, 0) is 11.0 Å². The minimum atomic E-state index is -4.42. The molecule has 10 heteroatoms. The van der Waals surface area contributed by atoms with E-state index >= 15 is 0 Å². The van der Waals surface area contributed by atoms with Crippen molar-refractivity contribution in [1.29, 1.82) is 0 Å². The number of rotatable bonds is 4. The van der Waals surface area contributed by atoms with Gasteiger partial charge in [-0.05, 0) is 66.6 Å². The Kier molecular flexibility index (Phi) is 6.83. The number of nitrogens with zero attached hydrogens (tertiary/aromatic N) is 1. The zero-order chi connectivity index (χ0) is 27.0. The molecule has 0 bridgehead atoms. The molecule has 1 unspecified atom stereocenters. The number of hydrogen-bond donors (Lipinski definition) is 1. The van der Waals surface area contributed by atoms with Crippen molar-refractivity contribution in [3.63, 3.8) is 0 Å². The van der Waals surface area contributed by atoms with E-state index in [9.17, 15) is 22.8 Å². The summed E-state index contributed by atoms with van der Waals surface area (Å²) in [6, 6.07) is 15.0. The topological polar surface area (TPSA) is 67.9 Å². The quantitative estimate of drug-likeness (QED) is 0.407. The molecule has 2 amide bonds. The van der Waals surface area contributed by atoms with Crippen LogP contribution in [0, 0.1) is 0 Å². The van der Waals surface area contributed by atoms with Gasteiger partial charge < -0.3 is 19.7 Å². The SMILES string of the molecule is CC(NC(=O)c1ccc2c(c1)N(C)C(=O)C(=Cc1ccc(C(F)(F)F)cc1)S2)c1ccc2c(c1)OCCO2. The summed E-state index contributed by atoms with van der Waals surface area (Å²) >= 11 is 1.21. The number of alkyl halides is 3. The van der Waals surface area contributed by atoms with Gasteiger partial charge in [-0.2, -0.15) is 13.2 Å². The van der Waals surface area contributed by atoms with Gasteiger partial charge in [-0.15, -0.1) is 0 Å². The van der Waals surface area contributed by atoms with E-state index in [1.54, 1.807) is 31.3 Å². The first-order valence-corrected chi connectivity index (χ1v) is 12.6. The van der Waals surface area contributed by atoms with Gasteiger partial charge in [0.15, 0.2) is 11.5 Å². The molecule has 3 aromatic carbocycles. The van der Waals surface area contributed by atoms with E-state index in [0.717, 1.165) is 22.6 Å². The number of hydrogen-bond acceptors (Lipinski definition) is 5. The number of ether oxygens (including phenoxy) is 2. The fourth-order valence-corrected chi connectivity index (χ4v) is 5.24. The molecule has 1 atom stereocenters. The second-order valence-corrected chi connectivity index (χ2v) is 9.96. The molecule has 1 N–H and O–H groups in total. The van der Waals surface area contributed by atoms with Crippen molar-refractivity contribution in [1.82, 2.24) is 5.32 Å². The number of carbonyl (C=O) groups is 2. The molecule has 5 rings (SSSR count). The van der Waals surface area contributed by atoms with Crippen LogP contribution in [-0.4, -0.2) is 32.1 Å². The van der Waals surface area contributed by atoms with Crippen LogP contribution >= 0.6 is 11.8 Å². The number of benzene rings is 3. The summed E-state index contributed by atoms with van der Waals surface area (Å²) in [4.78, 5) is 28.6. The zero-order valence-corrected chi connectivity index (χ0v) is 21.3. The van der Waals surface area contributed by atoms with Gasteiger partial charge in [0.2, 0.25) is 0 Å². The van der Waals surface area contributed by atoms with E-state index in [1.807, 2.05) is 25.1 Å². The van der Waals surface area contributed by atoms with Gasteiger partial charge in [0.1, 0.15) is 13.2 Å². The standard InChI is InChI=1S/C28H23F3N2O4S/c1-16(18-5-9-22-23(15-18)37-12-11-36-22)32-26(34)19-6-10-24-21(14-19)33(2)27(35)25(38-24)13-17-3-7-20(8-4-17)28(29,30)31/h3-10,13-16H,11-12H2,1-2H3,(H,32,34). The molecule has 2 heterocycles. The first-order valence-electron chi connectivity index (χ1n) is 11.8. The molecular weight excluding hydrogens is 517 g/mol. The molecule has 2 aliphatic heterocycles. The van der Waals surface area contributed by atoms with Crippen molar-refractivity contribution in [2.24, 2.45) is 0 Å². The maximum Gasteiger partial charge on any atom is 0.416 e. The fourth-order valence-electron chi connectivity index (χ4n) is 4.15. The van der Waals surface area contributed by atoms with Crippen LogP contribution < -0.4 is 19.7 Å². The van der Waals surface area contributed by atoms with Crippen LogP contribution in [0.3, 0.4) is 0 Å². The Morgan fingerprint density at radius 2 is 1.74 bits per heavy atom. The van der Waals surface area contributed by atoms with E-state index in [-0.39, 0.29) is 17.9 Å². The number of halogens is 3. The Hall–Kier alpha value is -3.92. The van der Waals surface area contributed by atoms with Gasteiger partial charge in [0.25, 0.3) is 11.8 Å². The molecule has 0 spiro atoms.